The molecular formula is C14H20BrNO. The molecule has 0 aromatic heterocycles. The highest BCUT2D eigenvalue weighted by atomic mass is 79.9. The number of β-amino-alcohol motifs (C(OH)–C–C–N with tert-alkyl or cyclic N) is 1. The molecule has 2 nitrogen and oxygen atoms in total. The highest BCUT2D eigenvalue weighted by molar-refractivity contribution is 9.10. The van der Waals surface area contributed by atoms with Crippen molar-refractivity contribution in [3.63, 3.8) is 0 Å². The van der Waals surface area contributed by atoms with Crippen molar-refractivity contribution in [2.75, 3.05) is 13.1 Å². The van der Waals surface area contributed by atoms with E-state index < -0.39 is 0 Å². The van der Waals surface area contributed by atoms with E-state index in [1.807, 2.05) is 6.07 Å². The lowest BCUT2D eigenvalue weighted by Crippen LogP contribution is -2.47. The van der Waals surface area contributed by atoms with Gasteiger partial charge in [0.15, 0.2) is 0 Å². The molecule has 0 bridgehead atoms. The van der Waals surface area contributed by atoms with Crippen LogP contribution in [0.4, 0.5) is 0 Å². The molecule has 0 saturated carbocycles. The number of nitrogens with zero attached hydrogens (tertiary/aromatic N) is 1. The number of hydrogen-bond donors (Lipinski definition) is 1. The maximum Gasteiger partial charge on any atom is 0.0718 e. The Morgan fingerprint density at radius 2 is 2.24 bits per heavy atom. The Bertz CT molecular complexity index is 392. The molecule has 0 amide bonds. The van der Waals surface area contributed by atoms with E-state index in [1.54, 1.807) is 0 Å². The van der Waals surface area contributed by atoms with Gasteiger partial charge in [0, 0.05) is 17.6 Å². The van der Waals surface area contributed by atoms with Crippen LogP contribution in [0.5, 0.6) is 0 Å². The molecule has 1 aliphatic rings. The lowest BCUT2D eigenvalue weighted by atomic mass is 9.80. The van der Waals surface area contributed by atoms with Gasteiger partial charge in [0.1, 0.15) is 0 Å². The van der Waals surface area contributed by atoms with Crippen LogP contribution >= 0.6 is 15.9 Å². The fourth-order valence-electron chi connectivity index (χ4n) is 2.23. The van der Waals surface area contributed by atoms with Gasteiger partial charge in [-0.05, 0) is 36.1 Å². The molecule has 94 valence electrons. The number of halogens is 1. The van der Waals surface area contributed by atoms with Gasteiger partial charge < -0.3 is 5.11 Å². The number of rotatable bonds is 2. The SMILES string of the molecule is CC1(C)CCN(Cc2cccc(Br)c2)CC1O. The zero-order valence-electron chi connectivity index (χ0n) is 10.5. The van der Waals surface area contributed by atoms with Gasteiger partial charge >= 0.3 is 0 Å². The summed E-state index contributed by atoms with van der Waals surface area (Å²) in [5.74, 6) is 0. The predicted octanol–water partition coefficient (Wildman–Crippen LogP) is 3.04. The van der Waals surface area contributed by atoms with Crippen LogP contribution in [-0.4, -0.2) is 29.2 Å². The number of piperidine rings is 1. The first-order valence-corrected chi connectivity index (χ1v) is 6.91. The summed E-state index contributed by atoms with van der Waals surface area (Å²) in [6.07, 6.45) is 0.839. The molecule has 1 N–H and O–H groups in total. The van der Waals surface area contributed by atoms with Crippen molar-refractivity contribution in [1.82, 2.24) is 4.90 Å². The second kappa shape index (κ2) is 5.09. The molecule has 1 saturated heterocycles. The largest absolute Gasteiger partial charge is 0.391 e. The zero-order valence-corrected chi connectivity index (χ0v) is 12.1. The third-order valence-corrected chi connectivity index (χ3v) is 4.19. The van der Waals surface area contributed by atoms with Crippen LogP contribution in [0.3, 0.4) is 0 Å². The lowest BCUT2D eigenvalue weighted by Gasteiger charge is -2.41. The van der Waals surface area contributed by atoms with Crippen molar-refractivity contribution in [3.05, 3.63) is 34.3 Å². The Kier molecular flexibility index (Phi) is 3.91. The van der Waals surface area contributed by atoms with Gasteiger partial charge in [0.25, 0.3) is 0 Å². The van der Waals surface area contributed by atoms with Crippen LogP contribution < -0.4 is 0 Å². The molecule has 2 rings (SSSR count). The minimum atomic E-state index is -0.219. The fourth-order valence-corrected chi connectivity index (χ4v) is 2.68. The molecule has 1 aromatic rings. The third kappa shape index (κ3) is 3.30. The third-order valence-electron chi connectivity index (χ3n) is 3.70. The van der Waals surface area contributed by atoms with Gasteiger partial charge in [-0.3, -0.25) is 4.90 Å². The number of aliphatic hydroxyl groups is 1. The molecule has 1 aliphatic heterocycles. The normalized spacial score (nSPS) is 24.8. The number of hydrogen-bond acceptors (Lipinski definition) is 2. The summed E-state index contributed by atoms with van der Waals surface area (Å²) in [5, 5.41) is 10.1. The van der Waals surface area contributed by atoms with Gasteiger partial charge in [0.2, 0.25) is 0 Å². The van der Waals surface area contributed by atoms with Gasteiger partial charge in [-0.25, -0.2) is 0 Å². The fraction of sp³-hybridized carbons (Fsp3) is 0.571. The molecule has 0 radical (unpaired) electrons. The van der Waals surface area contributed by atoms with E-state index in [9.17, 15) is 5.11 Å². The Balaban J connectivity index is 1.97. The maximum atomic E-state index is 10.1. The summed E-state index contributed by atoms with van der Waals surface area (Å²) >= 11 is 3.49. The van der Waals surface area contributed by atoms with E-state index in [2.05, 4.69) is 52.9 Å². The van der Waals surface area contributed by atoms with Crippen LogP contribution in [0, 0.1) is 5.41 Å². The second-order valence-electron chi connectivity index (χ2n) is 5.62. The van der Waals surface area contributed by atoms with Crippen LogP contribution in [0.15, 0.2) is 28.7 Å². The topological polar surface area (TPSA) is 23.5 Å². The van der Waals surface area contributed by atoms with E-state index in [-0.39, 0.29) is 11.5 Å². The molecule has 1 unspecified atom stereocenters. The van der Waals surface area contributed by atoms with Crippen molar-refractivity contribution in [3.8, 4) is 0 Å². The molecular weight excluding hydrogens is 278 g/mol. The Hall–Kier alpha value is -0.380. The van der Waals surface area contributed by atoms with Crippen molar-refractivity contribution in [2.24, 2.45) is 5.41 Å². The Labute approximate surface area is 112 Å². The molecule has 1 atom stereocenters. The van der Waals surface area contributed by atoms with E-state index in [0.29, 0.717) is 0 Å². The monoisotopic (exact) mass is 297 g/mol. The van der Waals surface area contributed by atoms with Crippen LogP contribution in [0.2, 0.25) is 0 Å². The quantitative estimate of drug-likeness (QED) is 0.907. The van der Waals surface area contributed by atoms with E-state index in [0.717, 1.165) is 30.5 Å². The van der Waals surface area contributed by atoms with Gasteiger partial charge in [0.05, 0.1) is 6.10 Å². The van der Waals surface area contributed by atoms with Crippen molar-refractivity contribution in [2.45, 2.75) is 32.9 Å². The van der Waals surface area contributed by atoms with Crippen molar-refractivity contribution in [1.29, 1.82) is 0 Å². The standard InChI is InChI=1S/C14H20BrNO/c1-14(2)6-7-16(10-13(14)17)9-11-4-3-5-12(15)8-11/h3-5,8,13,17H,6-7,9-10H2,1-2H3. The smallest absolute Gasteiger partial charge is 0.0718 e. The molecule has 1 fully saturated rings. The van der Waals surface area contributed by atoms with E-state index in [1.165, 1.54) is 5.56 Å². The summed E-state index contributed by atoms with van der Waals surface area (Å²) < 4.78 is 1.12. The Morgan fingerprint density at radius 1 is 1.47 bits per heavy atom. The van der Waals surface area contributed by atoms with Crippen LogP contribution in [-0.2, 0) is 6.54 Å². The summed E-state index contributed by atoms with van der Waals surface area (Å²) in [6.45, 7) is 7.06. The molecule has 1 aromatic carbocycles. The highest BCUT2D eigenvalue weighted by Gasteiger charge is 2.33. The average Bonchev–Trinajstić information content (AvgIpc) is 2.24. The number of benzene rings is 1. The second-order valence-corrected chi connectivity index (χ2v) is 6.54. The number of likely N-dealkylation sites (tertiary alicyclic amines) is 1. The van der Waals surface area contributed by atoms with Gasteiger partial charge in [-0.2, -0.15) is 0 Å². The summed E-state index contributed by atoms with van der Waals surface area (Å²) in [7, 11) is 0. The molecule has 1 heterocycles. The van der Waals surface area contributed by atoms with Crippen LogP contribution in [0.25, 0.3) is 0 Å². The van der Waals surface area contributed by atoms with Gasteiger partial charge in [-0.1, -0.05) is 41.9 Å². The first kappa shape index (κ1) is 13.1. The molecule has 0 spiro atoms. The van der Waals surface area contributed by atoms with Crippen molar-refractivity contribution >= 4 is 15.9 Å². The van der Waals surface area contributed by atoms with E-state index >= 15 is 0 Å². The van der Waals surface area contributed by atoms with Crippen molar-refractivity contribution < 1.29 is 5.11 Å². The minimum absolute atomic E-state index is 0.0633. The minimum Gasteiger partial charge on any atom is -0.391 e. The Morgan fingerprint density at radius 3 is 2.88 bits per heavy atom. The maximum absolute atomic E-state index is 10.1. The molecule has 17 heavy (non-hydrogen) atoms. The lowest BCUT2D eigenvalue weighted by molar-refractivity contribution is -0.0278. The average molecular weight is 298 g/mol. The summed E-state index contributed by atoms with van der Waals surface area (Å²) in [6, 6.07) is 8.38. The molecule has 0 aliphatic carbocycles. The first-order valence-electron chi connectivity index (χ1n) is 6.12. The summed E-state index contributed by atoms with van der Waals surface area (Å²) in [5.41, 5.74) is 1.36. The number of aliphatic hydroxyl groups excluding tert-OH is 1. The highest BCUT2D eigenvalue weighted by Crippen LogP contribution is 2.31. The van der Waals surface area contributed by atoms with Gasteiger partial charge in [-0.15, -0.1) is 0 Å². The first-order chi connectivity index (χ1) is 7.97. The zero-order chi connectivity index (χ0) is 12.5. The summed E-state index contributed by atoms with van der Waals surface area (Å²) in [4.78, 5) is 2.33. The van der Waals surface area contributed by atoms with Crippen LogP contribution in [0.1, 0.15) is 25.8 Å². The molecule has 3 heteroatoms. The predicted molar refractivity (Wildman–Crippen MR) is 73.8 cm³/mol. The van der Waals surface area contributed by atoms with E-state index in [4.69, 9.17) is 0 Å².